The first kappa shape index (κ1) is 12.3. The first-order valence-electron chi connectivity index (χ1n) is 5.54. The predicted molar refractivity (Wildman–Crippen MR) is 68.2 cm³/mol. The van der Waals surface area contributed by atoms with Gasteiger partial charge in [0, 0.05) is 12.1 Å². The zero-order valence-corrected chi connectivity index (χ0v) is 9.91. The van der Waals surface area contributed by atoms with Crippen LogP contribution in [0.1, 0.15) is 18.1 Å². The molecule has 0 aliphatic carbocycles. The number of non-ortho nitro benzene ring substituents is 1. The van der Waals surface area contributed by atoms with Crippen molar-refractivity contribution >= 4 is 5.69 Å². The molecule has 0 aliphatic rings. The van der Waals surface area contributed by atoms with E-state index >= 15 is 0 Å². The van der Waals surface area contributed by atoms with Crippen LogP contribution in [0.4, 0.5) is 5.69 Å². The molecule has 0 bridgehead atoms. The molecule has 1 atom stereocenters. The van der Waals surface area contributed by atoms with Gasteiger partial charge in [-0.2, -0.15) is 0 Å². The Kier molecular flexibility index (Phi) is 3.12. The van der Waals surface area contributed by atoms with Gasteiger partial charge in [-0.05, 0) is 30.2 Å². The molecule has 4 nitrogen and oxygen atoms in total. The summed E-state index contributed by atoms with van der Waals surface area (Å²) in [5, 5.41) is 21.1. The van der Waals surface area contributed by atoms with Crippen LogP contribution in [0, 0.1) is 10.1 Å². The average molecular weight is 243 g/mol. The van der Waals surface area contributed by atoms with Crippen molar-refractivity contribution in [3.05, 3.63) is 75.8 Å². The number of benzene rings is 2. The van der Waals surface area contributed by atoms with Gasteiger partial charge in [0.05, 0.1) is 4.92 Å². The van der Waals surface area contributed by atoms with Gasteiger partial charge < -0.3 is 5.11 Å². The number of nitro benzene ring substituents is 1. The molecule has 2 rings (SSSR count). The van der Waals surface area contributed by atoms with Crippen molar-refractivity contribution < 1.29 is 10.0 Å². The molecule has 2 aromatic carbocycles. The summed E-state index contributed by atoms with van der Waals surface area (Å²) >= 11 is 0. The van der Waals surface area contributed by atoms with E-state index in [0.717, 1.165) is 5.56 Å². The van der Waals surface area contributed by atoms with E-state index in [1.54, 1.807) is 19.1 Å². The lowest BCUT2D eigenvalue weighted by Crippen LogP contribution is -2.22. The summed E-state index contributed by atoms with van der Waals surface area (Å²) in [5.41, 5.74) is 0.233. The van der Waals surface area contributed by atoms with E-state index in [9.17, 15) is 15.2 Å². The zero-order chi connectivity index (χ0) is 13.2. The van der Waals surface area contributed by atoms with Crippen molar-refractivity contribution in [3.8, 4) is 0 Å². The molecule has 0 heterocycles. The van der Waals surface area contributed by atoms with E-state index in [0.29, 0.717) is 5.56 Å². The fraction of sp³-hybridized carbons (Fsp3) is 0.143. The molecule has 0 spiro atoms. The maximum Gasteiger partial charge on any atom is 0.269 e. The monoisotopic (exact) mass is 243 g/mol. The van der Waals surface area contributed by atoms with Crippen LogP contribution in [-0.4, -0.2) is 10.0 Å². The third-order valence-electron chi connectivity index (χ3n) is 2.98. The van der Waals surface area contributed by atoms with Crippen molar-refractivity contribution in [3.63, 3.8) is 0 Å². The third kappa shape index (κ3) is 2.24. The molecule has 4 heteroatoms. The van der Waals surface area contributed by atoms with Gasteiger partial charge in [0.1, 0.15) is 5.60 Å². The fourth-order valence-electron chi connectivity index (χ4n) is 1.84. The third-order valence-corrected chi connectivity index (χ3v) is 2.98. The van der Waals surface area contributed by atoms with E-state index < -0.39 is 10.5 Å². The fourth-order valence-corrected chi connectivity index (χ4v) is 1.84. The number of rotatable bonds is 3. The van der Waals surface area contributed by atoms with Gasteiger partial charge in [0.15, 0.2) is 0 Å². The first-order valence-corrected chi connectivity index (χ1v) is 5.54. The lowest BCUT2D eigenvalue weighted by atomic mass is 9.88. The highest BCUT2D eigenvalue weighted by atomic mass is 16.6. The number of aliphatic hydroxyl groups is 1. The van der Waals surface area contributed by atoms with Gasteiger partial charge >= 0.3 is 0 Å². The topological polar surface area (TPSA) is 63.4 Å². The minimum atomic E-state index is -1.16. The number of hydrogen-bond acceptors (Lipinski definition) is 3. The highest BCUT2D eigenvalue weighted by Crippen LogP contribution is 2.29. The number of nitrogens with zero attached hydrogens (tertiary/aromatic N) is 1. The standard InChI is InChI=1S/C14H13NO3/c1-14(16,11-5-3-2-4-6-11)12-7-9-13(10-8-12)15(17)18/h2-10,16H,1H3/t14-/m0/s1. The lowest BCUT2D eigenvalue weighted by molar-refractivity contribution is -0.384. The Balaban J connectivity index is 2.39. The Bertz CT molecular complexity index is 547. The van der Waals surface area contributed by atoms with Crippen molar-refractivity contribution in [2.75, 3.05) is 0 Å². The number of hydrogen-bond donors (Lipinski definition) is 1. The van der Waals surface area contributed by atoms with Crippen LogP contribution in [0.2, 0.25) is 0 Å². The SMILES string of the molecule is C[C@](O)(c1ccccc1)c1ccc([N+](=O)[O-])cc1. The molecule has 0 saturated carbocycles. The Morgan fingerprint density at radius 1 is 1.00 bits per heavy atom. The molecular weight excluding hydrogens is 230 g/mol. The summed E-state index contributed by atoms with van der Waals surface area (Å²) in [6.07, 6.45) is 0. The van der Waals surface area contributed by atoms with E-state index in [-0.39, 0.29) is 5.69 Å². The normalized spacial score (nSPS) is 13.9. The van der Waals surface area contributed by atoms with Gasteiger partial charge in [-0.25, -0.2) is 0 Å². The largest absolute Gasteiger partial charge is 0.381 e. The van der Waals surface area contributed by atoms with Crippen molar-refractivity contribution in [2.45, 2.75) is 12.5 Å². The molecule has 0 aromatic heterocycles. The summed E-state index contributed by atoms with van der Waals surface area (Å²) in [5.74, 6) is 0. The Morgan fingerprint density at radius 2 is 1.50 bits per heavy atom. The quantitative estimate of drug-likeness (QED) is 0.666. The minimum Gasteiger partial charge on any atom is -0.381 e. The second kappa shape index (κ2) is 4.58. The van der Waals surface area contributed by atoms with Gasteiger partial charge in [-0.1, -0.05) is 30.3 Å². The molecule has 0 fully saturated rings. The van der Waals surface area contributed by atoms with Crippen molar-refractivity contribution in [2.24, 2.45) is 0 Å². The average Bonchev–Trinajstić information content (AvgIpc) is 2.40. The van der Waals surface area contributed by atoms with Crippen LogP contribution < -0.4 is 0 Å². The van der Waals surface area contributed by atoms with Crippen molar-refractivity contribution in [1.29, 1.82) is 0 Å². The van der Waals surface area contributed by atoms with Crippen LogP contribution in [0.25, 0.3) is 0 Å². The zero-order valence-electron chi connectivity index (χ0n) is 9.91. The van der Waals surface area contributed by atoms with Crippen LogP contribution >= 0.6 is 0 Å². The Morgan fingerprint density at radius 3 is 2.00 bits per heavy atom. The van der Waals surface area contributed by atoms with Gasteiger partial charge in [0.2, 0.25) is 0 Å². The van der Waals surface area contributed by atoms with E-state index in [4.69, 9.17) is 0 Å². The van der Waals surface area contributed by atoms with Gasteiger partial charge in [-0.15, -0.1) is 0 Å². The Hall–Kier alpha value is -2.20. The summed E-state index contributed by atoms with van der Waals surface area (Å²) in [4.78, 5) is 10.1. The summed E-state index contributed by atoms with van der Waals surface area (Å²) in [7, 11) is 0. The molecule has 0 amide bonds. The smallest absolute Gasteiger partial charge is 0.269 e. The maximum atomic E-state index is 10.6. The van der Waals surface area contributed by atoms with Crippen LogP contribution in [0.3, 0.4) is 0 Å². The Labute approximate surface area is 105 Å². The van der Waals surface area contributed by atoms with Crippen LogP contribution in [0.5, 0.6) is 0 Å². The predicted octanol–water partition coefficient (Wildman–Crippen LogP) is 2.85. The molecular formula is C14H13NO3. The second-order valence-electron chi connectivity index (χ2n) is 4.24. The highest BCUT2D eigenvalue weighted by molar-refractivity contribution is 5.40. The highest BCUT2D eigenvalue weighted by Gasteiger charge is 2.25. The molecule has 0 aliphatic heterocycles. The maximum absolute atomic E-state index is 10.6. The lowest BCUT2D eigenvalue weighted by Gasteiger charge is -2.24. The molecule has 92 valence electrons. The van der Waals surface area contributed by atoms with Gasteiger partial charge in [0.25, 0.3) is 5.69 Å². The van der Waals surface area contributed by atoms with Crippen molar-refractivity contribution in [1.82, 2.24) is 0 Å². The van der Waals surface area contributed by atoms with Crippen LogP contribution in [-0.2, 0) is 5.60 Å². The van der Waals surface area contributed by atoms with E-state index in [1.165, 1.54) is 12.1 Å². The number of nitro groups is 1. The molecule has 2 aromatic rings. The summed E-state index contributed by atoms with van der Waals surface area (Å²) in [6.45, 7) is 1.67. The first-order chi connectivity index (χ1) is 8.51. The molecule has 0 radical (unpaired) electrons. The second-order valence-corrected chi connectivity index (χ2v) is 4.24. The summed E-state index contributed by atoms with van der Waals surface area (Å²) < 4.78 is 0. The molecule has 18 heavy (non-hydrogen) atoms. The minimum absolute atomic E-state index is 0.0163. The molecule has 0 unspecified atom stereocenters. The molecule has 1 N–H and O–H groups in total. The van der Waals surface area contributed by atoms with Gasteiger partial charge in [-0.3, -0.25) is 10.1 Å². The molecule has 0 saturated heterocycles. The van der Waals surface area contributed by atoms with E-state index in [2.05, 4.69) is 0 Å². The van der Waals surface area contributed by atoms with Crippen LogP contribution in [0.15, 0.2) is 54.6 Å². The van der Waals surface area contributed by atoms with E-state index in [1.807, 2.05) is 30.3 Å². The summed E-state index contributed by atoms with van der Waals surface area (Å²) in [6, 6.07) is 15.1.